The van der Waals surface area contributed by atoms with Crippen molar-refractivity contribution < 1.29 is 18.8 Å². The number of hydrogen-bond acceptors (Lipinski definition) is 4. The zero-order valence-corrected chi connectivity index (χ0v) is 13.1. The fourth-order valence-electron chi connectivity index (χ4n) is 2.15. The summed E-state index contributed by atoms with van der Waals surface area (Å²) >= 11 is 0. The highest BCUT2D eigenvalue weighted by atomic mass is 19.1. The molecule has 0 saturated carbocycles. The summed E-state index contributed by atoms with van der Waals surface area (Å²) in [6, 6.07) is 18.9. The quantitative estimate of drug-likeness (QED) is 0.463. The molecule has 0 aromatic heterocycles. The van der Waals surface area contributed by atoms with Crippen LogP contribution in [0, 0.1) is 15.9 Å². The van der Waals surface area contributed by atoms with Gasteiger partial charge in [-0.05, 0) is 42.0 Å². The van der Waals surface area contributed by atoms with E-state index in [0.29, 0.717) is 23.9 Å². The van der Waals surface area contributed by atoms with E-state index in [1.165, 1.54) is 36.4 Å². The summed E-state index contributed by atoms with van der Waals surface area (Å²) in [6.07, 6.45) is 0. The van der Waals surface area contributed by atoms with E-state index in [0.717, 1.165) is 5.56 Å². The molecule has 0 radical (unpaired) electrons. The summed E-state index contributed by atoms with van der Waals surface area (Å²) in [5.74, 6) is 1.35. The van der Waals surface area contributed by atoms with Crippen LogP contribution in [0.15, 0.2) is 72.8 Å². The molecule has 0 amide bonds. The Kier molecular flexibility index (Phi) is 4.89. The van der Waals surface area contributed by atoms with Gasteiger partial charge in [0.15, 0.2) is 0 Å². The van der Waals surface area contributed by atoms with Crippen molar-refractivity contribution in [2.75, 3.05) is 0 Å². The van der Waals surface area contributed by atoms with Gasteiger partial charge in [-0.3, -0.25) is 10.1 Å². The first-order valence-electron chi connectivity index (χ1n) is 7.50. The molecule has 3 rings (SSSR count). The van der Waals surface area contributed by atoms with Crippen LogP contribution in [0.1, 0.15) is 5.56 Å². The fraction of sp³-hybridized carbons (Fsp3) is 0.0526. The van der Waals surface area contributed by atoms with Gasteiger partial charge in [-0.15, -0.1) is 0 Å². The van der Waals surface area contributed by atoms with Crippen LogP contribution in [-0.4, -0.2) is 4.92 Å². The summed E-state index contributed by atoms with van der Waals surface area (Å²) in [7, 11) is 0. The highest BCUT2D eigenvalue weighted by Crippen LogP contribution is 2.27. The number of rotatable bonds is 6. The third-order valence-corrected chi connectivity index (χ3v) is 3.41. The van der Waals surface area contributed by atoms with Gasteiger partial charge >= 0.3 is 0 Å². The molecule has 0 N–H and O–H groups in total. The van der Waals surface area contributed by atoms with Crippen LogP contribution < -0.4 is 9.47 Å². The van der Waals surface area contributed by atoms with Crippen LogP contribution in [0.25, 0.3) is 0 Å². The molecule has 0 heterocycles. The van der Waals surface area contributed by atoms with Crippen molar-refractivity contribution in [3.63, 3.8) is 0 Å². The third kappa shape index (κ3) is 4.54. The number of halogens is 1. The second-order valence-corrected chi connectivity index (χ2v) is 5.24. The first-order chi connectivity index (χ1) is 12.1. The first kappa shape index (κ1) is 16.4. The number of non-ortho nitro benzene ring substituents is 1. The first-order valence-corrected chi connectivity index (χ1v) is 7.50. The molecule has 6 heteroatoms. The van der Waals surface area contributed by atoms with Crippen molar-refractivity contribution in [2.45, 2.75) is 6.61 Å². The number of nitro benzene ring substituents is 1. The van der Waals surface area contributed by atoms with Gasteiger partial charge in [-0.25, -0.2) is 4.39 Å². The van der Waals surface area contributed by atoms with E-state index in [2.05, 4.69) is 0 Å². The maximum atomic E-state index is 12.9. The standard InChI is InChI=1S/C19H14FNO4/c20-15-6-4-14(5-7-15)13-24-18-2-1-3-19(12-18)25-17-10-8-16(9-11-17)21(22)23/h1-12H,13H2. The third-order valence-electron chi connectivity index (χ3n) is 3.41. The van der Waals surface area contributed by atoms with Crippen molar-refractivity contribution in [3.8, 4) is 17.2 Å². The molecule has 0 unspecified atom stereocenters. The average Bonchev–Trinajstić information content (AvgIpc) is 2.62. The lowest BCUT2D eigenvalue weighted by molar-refractivity contribution is -0.384. The predicted molar refractivity (Wildman–Crippen MR) is 90.3 cm³/mol. The Bertz CT molecular complexity index is 863. The summed E-state index contributed by atoms with van der Waals surface area (Å²) in [6.45, 7) is 0.307. The summed E-state index contributed by atoms with van der Waals surface area (Å²) in [4.78, 5) is 10.2. The molecular weight excluding hydrogens is 325 g/mol. The Labute approximate surface area is 143 Å². The van der Waals surface area contributed by atoms with Crippen molar-refractivity contribution in [1.82, 2.24) is 0 Å². The highest BCUT2D eigenvalue weighted by molar-refractivity contribution is 5.40. The van der Waals surface area contributed by atoms with E-state index in [4.69, 9.17) is 9.47 Å². The predicted octanol–water partition coefficient (Wildman–Crippen LogP) is 5.11. The number of nitrogens with zero attached hydrogens (tertiary/aromatic N) is 1. The Morgan fingerprint density at radius 2 is 1.56 bits per heavy atom. The van der Waals surface area contributed by atoms with Crippen molar-refractivity contribution in [3.05, 3.63) is 94.3 Å². The molecular formula is C19H14FNO4. The Morgan fingerprint density at radius 3 is 2.24 bits per heavy atom. The minimum atomic E-state index is -0.465. The molecule has 3 aromatic rings. The highest BCUT2D eigenvalue weighted by Gasteiger charge is 2.06. The second kappa shape index (κ2) is 7.44. The lowest BCUT2D eigenvalue weighted by Crippen LogP contribution is -1.95. The van der Waals surface area contributed by atoms with Gasteiger partial charge in [0, 0.05) is 18.2 Å². The fourth-order valence-corrected chi connectivity index (χ4v) is 2.15. The number of nitro groups is 1. The summed E-state index contributed by atoms with van der Waals surface area (Å²) in [5.41, 5.74) is 0.854. The van der Waals surface area contributed by atoms with Crippen LogP contribution in [0.2, 0.25) is 0 Å². The average molecular weight is 339 g/mol. The van der Waals surface area contributed by atoms with Crippen molar-refractivity contribution in [2.24, 2.45) is 0 Å². The zero-order chi connectivity index (χ0) is 17.6. The molecule has 3 aromatic carbocycles. The molecule has 25 heavy (non-hydrogen) atoms. The minimum Gasteiger partial charge on any atom is -0.489 e. The number of hydrogen-bond donors (Lipinski definition) is 0. The van der Waals surface area contributed by atoms with E-state index in [1.807, 2.05) is 0 Å². The van der Waals surface area contributed by atoms with Gasteiger partial charge in [-0.1, -0.05) is 18.2 Å². The molecule has 5 nitrogen and oxygen atoms in total. The Balaban J connectivity index is 1.64. The molecule has 0 aliphatic rings. The van der Waals surface area contributed by atoms with E-state index in [1.54, 1.807) is 36.4 Å². The van der Waals surface area contributed by atoms with Crippen LogP contribution in [0.4, 0.5) is 10.1 Å². The van der Waals surface area contributed by atoms with Crippen LogP contribution >= 0.6 is 0 Å². The van der Waals surface area contributed by atoms with Crippen LogP contribution in [-0.2, 0) is 6.61 Å². The monoisotopic (exact) mass is 339 g/mol. The van der Waals surface area contributed by atoms with Gasteiger partial charge in [0.1, 0.15) is 29.7 Å². The molecule has 0 fully saturated rings. The molecule has 0 aliphatic heterocycles. The lowest BCUT2D eigenvalue weighted by atomic mass is 10.2. The van der Waals surface area contributed by atoms with E-state index in [-0.39, 0.29) is 11.5 Å². The summed E-state index contributed by atoms with van der Waals surface area (Å²) in [5, 5.41) is 10.7. The van der Waals surface area contributed by atoms with E-state index >= 15 is 0 Å². The normalized spacial score (nSPS) is 10.3. The Hall–Kier alpha value is -3.41. The SMILES string of the molecule is O=[N+]([O-])c1ccc(Oc2cccc(OCc3ccc(F)cc3)c2)cc1. The molecule has 0 spiro atoms. The van der Waals surface area contributed by atoms with Gasteiger partial charge in [0.2, 0.25) is 0 Å². The van der Waals surface area contributed by atoms with Crippen LogP contribution in [0.5, 0.6) is 17.2 Å². The maximum Gasteiger partial charge on any atom is 0.269 e. The molecule has 0 bridgehead atoms. The van der Waals surface area contributed by atoms with E-state index < -0.39 is 4.92 Å². The molecule has 126 valence electrons. The van der Waals surface area contributed by atoms with Gasteiger partial charge < -0.3 is 9.47 Å². The lowest BCUT2D eigenvalue weighted by Gasteiger charge is -2.09. The minimum absolute atomic E-state index is 0.00346. The molecule has 0 atom stereocenters. The van der Waals surface area contributed by atoms with Gasteiger partial charge in [0.25, 0.3) is 5.69 Å². The Morgan fingerprint density at radius 1 is 0.880 bits per heavy atom. The smallest absolute Gasteiger partial charge is 0.269 e. The van der Waals surface area contributed by atoms with Crippen LogP contribution in [0.3, 0.4) is 0 Å². The number of ether oxygens (including phenoxy) is 2. The number of benzene rings is 3. The molecule has 0 aliphatic carbocycles. The summed E-state index contributed by atoms with van der Waals surface area (Å²) < 4.78 is 24.2. The van der Waals surface area contributed by atoms with E-state index in [9.17, 15) is 14.5 Å². The second-order valence-electron chi connectivity index (χ2n) is 5.24. The van der Waals surface area contributed by atoms with Gasteiger partial charge in [0.05, 0.1) is 4.92 Å². The van der Waals surface area contributed by atoms with Crippen molar-refractivity contribution >= 4 is 5.69 Å². The topological polar surface area (TPSA) is 61.6 Å². The molecule has 0 saturated heterocycles. The largest absolute Gasteiger partial charge is 0.489 e. The van der Waals surface area contributed by atoms with Gasteiger partial charge in [-0.2, -0.15) is 0 Å². The zero-order valence-electron chi connectivity index (χ0n) is 13.1. The maximum absolute atomic E-state index is 12.9. The van der Waals surface area contributed by atoms with Crippen molar-refractivity contribution in [1.29, 1.82) is 0 Å².